The molecule has 1 aliphatic carbocycles. The van der Waals surface area contributed by atoms with Gasteiger partial charge in [0.1, 0.15) is 17.3 Å². The van der Waals surface area contributed by atoms with Crippen LogP contribution in [0.15, 0.2) is 54.7 Å². The Labute approximate surface area is 200 Å². The van der Waals surface area contributed by atoms with Gasteiger partial charge in [-0.1, -0.05) is 6.07 Å². The molecule has 4 rings (SSSR count). The van der Waals surface area contributed by atoms with Gasteiger partial charge in [-0.15, -0.1) is 0 Å². The van der Waals surface area contributed by atoms with Crippen molar-refractivity contribution in [3.05, 3.63) is 65.9 Å². The van der Waals surface area contributed by atoms with E-state index in [-0.39, 0.29) is 12.3 Å². The third-order valence-corrected chi connectivity index (χ3v) is 6.10. The number of ether oxygens (including phenoxy) is 2. The molecule has 178 valence electrons. The maximum atomic E-state index is 11.0. The van der Waals surface area contributed by atoms with Crippen molar-refractivity contribution >= 4 is 11.8 Å². The highest BCUT2D eigenvalue weighted by Gasteiger charge is 2.24. The first-order valence-corrected chi connectivity index (χ1v) is 11.8. The third-order valence-electron chi connectivity index (χ3n) is 6.10. The van der Waals surface area contributed by atoms with Gasteiger partial charge in [-0.2, -0.15) is 0 Å². The molecular formula is C27H31N3O4. The lowest BCUT2D eigenvalue weighted by molar-refractivity contribution is -0.137. The number of hydrogen-bond acceptors (Lipinski definition) is 6. The first-order chi connectivity index (χ1) is 16.5. The number of rotatable bonds is 11. The summed E-state index contributed by atoms with van der Waals surface area (Å²) >= 11 is 0. The van der Waals surface area contributed by atoms with Crippen LogP contribution in [0.25, 0.3) is 11.4 Å². The Balaban J connectivity index is 1.28. The summed E-state index contributed by atoms with van der Waals surface area (Å²) in [6, 6.07) is 15.8. The van der Waals surface area contributed by atoms with Gasteiger partial charge in [0.15, 0.2) is 5.82 Å². The van der Waals surface area contributed by atoms with Crippen LogP contribution < -0.4 is 14.4 Å². The number of benzene rings is 2. The maximum Gasteiger partial charge on any atom is 0.303 e. The molecular weight excluding hydrogens is 430 g/mol. The first kappa shape index (κ1) is 23.5. The molecule has 7 heteroatoms. The minimum absolute atomic E-state index is 0.121. The molecule has 0 aliphatic heterocycles. The molecule has 1 atom stereocenters. The molecule has 1 aliphatic rings. The standard InChI is InChI=1S/C27H31N3O4/c1-3-33-22-9-7-19(8-10-22)27-28-14-13-25(29-27)30(2)15-4-16-34-23-11-12-24-20(17-23)5-6-21(24)18-26(31)32/h7-14,17,21H,3-6,15-16,18H2,1-2H3,(H,31,32)/t21-/m0/s1. The van der Waals surface area contributed by atoms with Crippen LogP contribution in [0.2, 0.25) is 0 Å². The van der Waals surface area contributed by atoms with Gasteiger partial charge >= 0.3 is 5.97 Å². The number of aliphatic carboxylic acids is 1. The predicted molar refractivity (Wildman–Crippen MR) is 132 cm³/mol. The van der Waals surface area contributed by atoms with Crippen LogP contribution in [0, 0.1) is 0 Å². The van der Waals surface area contributed by atoms with Crippen molar-refractivity contribution in [1.82, 2.24) is 9.97 Å². The molecule has 34 heavy (non-hydrogen) atoms. The summed E-state index contributed by atoms with van der Waals surface area (Å²) in [5.41, 5.74) is 3.31. The SMILES string of the molecule is CCOc1ccc(-c2nccc(N(C)CCCOc3ccc4c(c3)CC[C@H]4CC(=O)O)n2)cc1. The van der Waals surface area contributed by atoms with Crippen molar-refractivity contribution in [2.24, 2.45) is 0 Å². The lowest BCUT2D eigenvalue weighted by atomic mass is 9.98. The highest BCUT2D eigenvalue weighted by Crippen LogP contribution is 2.37. The smallest absolute Gasteiger partial charge is 0.303 e. The minimum atomic E-state index is -0.738. The van der Waals surface area contributed by atoms with E-state index in [0.717, 1.165) is 54.3 Å². The second-order valence-electron chi connectivity index (χ2n) is 8.51. The summed E-state index contributed by atoms with van der Waals surface area (Å²) in [6.07, 6.45) is 4.63. The summed E-state index contributed by atoms with van der Waals surface area (Å²) in [7, 11) is 2.02. The molecule has 3 aromatic rings. The number of hydrogen-bond donors (Lipinski definition) is 1. The number of anilines is 1. The topological polar surface area (TPSA) is 84.8 Å². The summed E-state index contributed by atoms with van der Waals surface area (Å²) in [5.74, 6) is 2.61. The molecule has 0 amide bonds. The molecule has 0 fully saturated rings. The maximum absolute atomic E-state index is 11.0. The number of carboxylic acids is 1. The Bertz CT molecular complexity index is 1120. The normalized spacial score (nSPS) is 14.5. The number of carbonyl (C=O) groups is 1. The van der Waals surface area contributed by atoms with Crippen LogP contribution in [-0.4, -0.2) is 47.8 Å². The van der Waals surface area contributed by atoms with Gasteiger partial charge in [0.2, 0.25) is 0 Å². The van der Waals surface area contributed by atoms with Crippen LogP contribution in [0.4, 0.5) is 5.82 Å². The average Bonchev–Trinajstić information content (AvgIpc) is 3.24. The molecule has 0 spiro atoms. The molecule has 0 radical (unpaired) electrons. The molecule has 0 saturated carbocycles. The van der Waals surface area contributed by atoms with E-state index in [0.29, 0.717) is 19.0 Å². The van der Waals surface area contributed by atoms with E-state index in [2.05, 4.69) is 16.0 Å². The molecule has 0 saturated heterocycles. The quantitative estimate of drug-likeness (QED) is 0.404. The van der Waals surface area contributed by atoms with Crippen molar-refractivity contribution in [3.63, 3.8) is 0 Å². The van der Waals surface area contributed by atoms with Gasteiger partial charge in [-0.05, 0) is 85.7 Å². The predicted octanol–water partition coefficient (Wildman–Crippen LogP) is 4.95. The number of nitrogens with zero attached hydrogens (tertiary/aromatic N) is 3. The van der Waals surface area contributed by atoms with E-state index in [1.165, 1.54) is 5.56 Å². The second-order valence-corrected chi connectivity index (χ2v) is 8.51. The van der Waals surface area contributed by atoms with Crippen LogP contribution in [-0.2, 0) is 11.2 Å². The van der Waals surface area contributed by atoms with Crippen molar-refractivity contribution in [2.75, 3.05) is 31.7 Å². The van der Waals surface area contributed by atoms with Gasteiger partial charge in [0.05, 0.1) is 19.6 Å². The van der Waals surface area contributed by atoms with Gasteiger partial charge < -0.3 is 19.5 Å². The molecule has 1 aromatic heterocycles. The Morgan fingerprint density at radius 3 is 2.68 bits per heavy atom. The zero-order chi connectivity index (χ0) is 23.9. The number of aryl methyl sites for hydroxylation is 1. The van der Waals surface area contributed by atoms with Gasteiger partial charge in [0, 0.05) is 25.4 Å². The van der Waals surface area contributed by atoms with Crippen LogP contribution in [0.5, 0.6) is 11.5 Å². The summed E-state index contributed by atoms with van der Waals surface area (Å²) in [4.78, 5) is 22.3. The molecule has 1 N–H and O–H groups in total. The second kappa shape index (κ2) is 11.0. The molecule has 2 aromatic carbocycles. The van der Waals surface area contributed by atoms with Gasteiger partial charge in [-0.25, -0.2) is 9.97 Å². The van der Waals surface area contributed by atoms with Gasteiger partial charge in [-0.3, -0.25) is 4.79 Å². The largest absolute Gasteiger partial charge is 0.494 e. The molecule has 0 bridgehead atoms. The zero-order valence-corrected chi connectivity index (χ0v) is 19.7. The average molecular weight is 462 g/mol. The van der Waals surface area contributed by atoms with Crippen LogP contribution in [0.3, 0.4) is 0 Å². The molecule has 0 unspecified atom stereocenters. The van der Waals surface area contributed by atoms with E-state index in [1.807, 2.05) is 56.4 Å². The highest BCUT2D eigenvalue weighted by atomic mass is 16.5. The van der Waals surface area contributed by atoms with Crippen molar-refractivity contribution in [3.8, 4) is 22.9 Å². The fourth-order valence-corrected chi connectivity index (χ4v) is 4.37. The Morgan fingerprint density at radius 1 is 1.12 bits per heavy atom. The van der Waals surface area contributed by atoms with E-state index >= 15 is 0 Å². The molecule has 7 nitrogen and oxygen atoms in total. The zero-order valence-electron chi connectivity index (χ0n) is 19.7. The summed E-state index contributed by atoms with van der Waals surface area (Å²) in [6.45, 7) is 4.00. The van der Waals surface area contributed by atoms with Crippen LogP contribution >= 0.6 is 0 Å². The number of fused-ring (bicyclic) bond motifs is 1. The van der Waals surface area contributed by atoms with E-state index in [1.54, 1.807) is 6.20 Å². The van der Waals surface area contributed by atoms with Crippen molar-refractivity contribution in [2.45, 2.75) is 38.5 Å². The Morgan fingerprint density at radius 2 is 1.91 bits per heavy atom. The fourth-order valence-electron chi connectivity index (χ4n) is 4.37. The lowest BCUT2D eigenvalue weighted by Crippen LogP contribution is -2.21. The monoisotopic (exact) mass is 461 g/mol. The van der Waals surface area contributed by atoms with E-state index in [4.69, 9.17) is 19.6 Å². The minimum Gasteiger partial charge on any atom is -0.494 e. The summed E-state index contributed by atoms with van der Waals surface area (Å²) in [5, 5.41) is 9.08. The summed E-state index contributed by atoms with van der Waals surface area (Å²) < 4.78 is 11.5. The molecule has 1 heterocycles. The Kier molecular flexibility index (Phi) is 7.62. The fraction of sp³-hybridized carbons (Fsp3) is 0.370. The number of carboxylic acid groups (broad SMARTS) is 1. The highest BCUT2D eigenvalue weighted by molar-refractivity contribution is 5.68. The third kappa shape index (κ3) is 5.84. The Hall–Kier alpha value is -3.61. The van der Waals surface area contributed by atoms with Crippen LogP contribution in [0.1, 0.15) is 43.2 Å². The van der Waals surface area contributed by atoms with E-state index in [9.17, 15) is 4.79 Å². The number of aromatic nitrogens is 2. The van der Waals surface area contributed by atoms with Gasteiger partial charge in [0.25, 0.3) is 0 Å². The first-order valence-electron chi connectivity index (χ1n) is 11.8. The lowest BCUT2D eigenvalue weighted by Gasteiger charge is -2.19. The van der Waals surface area contributed by atoms with E-state index < -0.39 is 5.97 Å². The van der Waals surface area contributed by atoms with Crippen molar-refractivity contribution in [1.29, 1.82) is 0 Å². The van der Waals surface area contributed by atoms with Crippen molar-refractivity contribution < 1.29 is 19.4 Å².